The number of hydrogen-bond acceptors (Lipinski definition) is 1. The van der Waals surface area contributed by atoms with E-state index < -0.39 is 0 Å². The van der Waals surface area contributed by atoms with E-state index in [9.17, 15) is 0 Å². The largest absolute Gasteiger partial charge is 0.310 e. The van der Waals surface area contributed by atoms with Gasteiger partial charge < -0.3 is 9.47 Å². The molecule has 81 heavy (non-hydrogen) atoms. The maximum atomic E-state index is 2.71. The molecule has 2 nitrogen and oxygen atoms in total. The van der Waals surface area contributed by atoms with Crippen molar-refractivity contribution in [2.75, 3.05) is 4.90 Å². The molecule has 12 aromatic rings. The summed E-state index contributed by atoms with van der Waals surface area (Å²) in [4.78, 5) is 2.71. The molecule has 0 saturated carbocycles. The Hall–Kier alpha value is -8.92. The summed E-state index contributed by atoms with van der Waals surface area (Å²) in [7, 11) is 0. The lowest BCUT2D eigenvalue weighted by Gasteiger charge is -2.43. The number of fused-ring (bicyclic) bond motifs is 11. The molecule has 0 N–H and O–H groups in total. The van der Waals surface area contributed by atoms with Crippen molar-refractivity contribution in [3.63, 3.8) is 0 Å². The minimum absolute atomic E-state index is 0.0211. The van der Waals surface area contributed by atoms with E-state index >= 15 is 0 Å². The fraction of sp³-hybridized carbons (Fsp3) is 0.154. The lowest BCUT2D eigenvalue weighted by molar-refractivity contribution is 0.589. The van der Waals surface area contributed by atoms with Crippen LogP contribution in [0.1, 0.15) is 79.0 Å². The molecule has 3 heteroatoms. The molecule has 0 spiro atoms. The zero-order valence-electron chi connectivity index (χ0n) is 48.1. The molecule has 0 radical (unpaired) electrons. The van der Waals surface area contributed by atoms with Gasteiger partial charge in [0.25, 0.3) is 6.71 Å². The van der Waals surface area contributed by atoms with E-state index in [4.69, 9.17) is 0 Å². The van der Waals surface area contributed by atoms with Gasteiger partial charge in [0, 0.05) is 44.5 Å². The SMILES string of the molecule is CC(C)(C)c1ccc(-c2cc3c4c(c2)c2ccccc2c2ccccc2c2ccccc2n4-c2cc(C(C)(C)C)cc4c2B3c2ccc(C(C)(C)C)cc2N4c2c(-c3ccccc3)cc(-c3ccccc3)cc2-c2ccccc2)cc1. The average Bonchev–Trinajstić information content (AvgIpc) is 2.65. The highest BCUT2D eigenvalue weighted by Gasteiger charge is 2.44. The smallest absolute Gasteiger partial charge is 0.252 e. The minimum Gasteiger partial charge on any atom is -0.310 e. The van der Waals surface area contributed by atoms with Crippen LogP contribution in [-0.2, 0) is 16.2 Å². The van der Waals surface area contributed by atoms with Gasteiger partial charge in [0.05, 0.1) is 11.2 Å². The molecule has 0 saturated heterocycles. The summed E-state index contributed by atoms with van der Waals surface area (Å²) < 4.78 is 2.69. The minimum atomic E-state index is -0.230. The zero-order chi connectivity index (χ0) is 55.5. The number of nitrogens with zero attached hydrogens (tertiary/aromatic N) is 2. The van der Waals surface area contributed by atoms with Gasteiger partial charge in [-0.05, 0) is 147 Å². The summed E-state index contributed by atoms with van der Waals surface area (Å²) in [5.74, 6) is 0. The van der Waals surface area contributed by atoms with E-state index in [1.807, 2.05) is 0 Å². The normalized spacial score (nSPS) is 13.0. The molecule has 0 bridgehead atoms. The summed E-state index contributed by atoms with van der Waals surface area (Å²) >= 11 is 0. The van der Waals surface area contributed by atoms with Gasteiger partial charge in [-0.25, -0.2) is 0 Å². The first kappa shape index (κ1) is 50.3. The first-order valence-corrected chi connectivity index (χ1v) is 28.9. The van der Waals surface area contributed by atoms with Crippen LogP contribution in [0, 0.1) is 0 Å². The summed E-state index contributed by atoms with van der Waals surface area (Å²) in [5, 5.41) is 7.33. The molecule has 0 aliphatic carbocycles. The molecule has 2 aliphatic heterocycles. The fourth-order valence-electron chi connectivity index (χ4n) is 13.2. The van der Waals surface area contributed by atoms with Crippen LogP contribution in [0.3, 0.4) is 0 Å². The van der Waals surface area contributed by atoms with Crippen LogP contribution in [0.15, 0.2) is 243 Å². The number of para-hydroxylation sites is 1. The van der Waals surface area contributed by atoms with E-state index in [0.29, 0.717) is 0 Å². The Morgan fingerprint density at radius 2 is 0.728 bits per heavy atom. The molecular weight excluding hydrogens is 976 g/mol. The number of hydrogen-bond donors (Lipinski definition) is 0. The Bertz CT molecular complexity index is 4490. The van der Waals surface area contributed by atoms with Crippen LogP contribution >= 0.6 is 0 Å². The molecule has 0 amide bonds. The van der Waals surface area contributed by atoms with Crippen LogP contribution in [0.2, 0.25) is 0 Å². The second kappa shape index (κ2) is 18.9. The van der Waals surface area contributed by atoms with Crippen LogP contribution < -0.4 is 21.3 Å². The Morgan fingerprint density at radius 1 is 0.296 bits per heavy atom. The van der Waals surface area contributed by atoms with E-state index in [0.717, 1.165) is 11.2 Å². The molecule has 2 aliphatic rings. The maximum Gasteiger partial charge on any atom is 0.252 e. The quantitative estimate of drug-likeness (QED) is 0.156. The summed E-state index contributed by atoms with van der Waals surface area (Å²) in [6.07, 6.45) is 0. The van der Waals surface area contributed by atoms with Crippen molar-refractivity contribution >= 4 is 83.5 Å². The van der Waals surface area contributed by atoms with E-state index in [1.165, 1.54) is 132 Å². The third-order valence-electron chi connectivity index (χ3n) is 17.5. The van der Waals surface area contributed by atoms with Gasteiger partial charge in [0.15, 0.2) is 0 Å². The predicted molar refractivity (Wildman–Crippen MR) is 351 cm³/mol. The van der Waals surface area contributed by atoms with Gasteiger partial charge in [-0.15, -0.1) is 0 Å². The maximum absolute atomic E-state index is 2.71. The first-order chi connectivity index (χ1) is 39.1. The molecule has 14 rings (SSSR count). The average molecular weight is 1040 g/mol. The van der Waals surface area contributed by atoms with Gasteiger partial charge in [-0.3, -0.25) is 0 Å². The van der Waals surface area contributed by atoms with Crippen molar-refractivity contribution in [2.24, 2.45) is 0 Å². The van der Waals surface area contributed by atoms with Crippen molar-refractivity contribution in [1.29, 1.82) is 0 Å². The number of aromatic nitrogens is 1. The topological polar surface area (TPSA) is 8.17 Å². The zero-order valence-corrected chi connectivity index (χ0v) is 48.1. The lowest BCUT2D eigenvalue weighted by atomic mass is 9.33. The van der Waals surface area contributed by atoms with Crippen molar-refractivity contribution in [2.45, 2.75) is 78.6 Å². The van der Waals surface area contributed by atoms with Crippen LogP contribution in [0.4, 0.5) is 17.1 Å². The van der Waals surface area contributed by atoms with Crippen LogP contribution in [-0.4, -0.2) is 11.3 Å². The highest BCUT2D eigenvalue weighted by molar-refractivity contribution is 7.00. The molecule has 1 aromatic heterocycles. The van der Waals surface area contributed by atoms with Crippen molar-refractivity contribution in [3.05, 3.63) is 259 Å². The Kier molecular flexibility index (Phi) is 11.7. The molecular formula is C78H67BN2. The van der Waals surface area contributed by atoms with Crippen molar-refractivity contribution in [3.8, 4) is 50.2 Å². The Labute approximate surface area is 478 Å². The van der Waals surface area contributed by atoms with Crippen molar-refractivity contribution < 1.29 is 0 Å². The number of rotatable bonds is 5. The second-order valence-corrected chi connectivity index (χ2v) is 25.7. The van der Waals surface area contributed by atoms with Gasteiger partial charge in [-0.1, -0.05) is 263 Å². The van der Waals surface area contributed by atoms with E-state index in [2.05, 4.69) is 314 Å². The monoisotopic (exact) mass is 1040 g/mol. The number of benzene rings is 11. The second-order valence-electron chi connectivity index (χ2n) is 25.7. The van der Waals surface area contributed by atoms with E-state index in [1.54, 1.807) is 0 Å². The highest BCUT2D eigenvalue weighted by atomic mass is 15.2. The Morgan fingerprint density at radius 3 is 1.28 bits per heavy atom. The molecule has 392 valence electrons. The van der Waals surface area contributed by atoms with Crippen molar-refractivity contribution in [1.82, 2.24) is 4.57 Å². The van der Waals surface area contributed by atoms with Gasteiger partial charge in [0.2, 0.25) is 0 Å². The standard InChI is InChI=1S/C78H67BN2/c1-76(2,3)56-39-37-51(38-40-56)55-45-66-62-34-22-20-32-60(62)59-31-19-21-33-61(59)63-35-23-24-36-69(63)80-71-48-58(78(7,8)9)49-72-73(71)79(68(46-55)75(66)80)67-42-41-57(77(4,5)6)47-70(67)81(72)74-64(52-27-15-11-16-28-52)43-54(50-25-13-10-14-26-50)44-65(74)53-29-17-12-18-30-53/h10-49H,1-9H3. The van der Waals surface area contributed by atoms with Gasteiger partial charge in [-0.2, -0.15) is 0 Å². The summed E-state index contributed by atoms with van der Waals surface area (Å²) in [6.45, 7) is 21.0. The molecule has 0 atom stereocenters. The highest BCUT2D eigenvalue weighted by Crippen LogP contribution is 2.52. The molecule has 0 unspecified atom stereocenters. The van der Waals surface area contributed by atoms with Crippen LogP contribution in [0.5, 0.6) is 0 Å². The molecule has 0 fully saturated rings. The first-order valence-electron chi connectivity index (χ1n) is 28.9. The van der Waals surface area contributed by atoms with Crippen LogP contribution in [0.25, 0.3) is 93.5 Å². The van der Waals surface area contributed by atoms with E-state index in [-0.39, 0.29) is 23.0 Å². The molecule has 3 heterocycles. The molecule has 11 aromatic carbocycles. The summed E-state index contributed by atoms with van der Waals surface area (Å²) in [6, 6.07) is 92.6. The summed E-state index contributed by atoms with van der Waals surface area (Å²) in [5.41, 5.74) is 24.1. The fourth-order valence-corrected chi connectivity index (χ4v) is 13.2. The predicted octanol–water partition coefficient (Wildman–Crippen LogP) is 19.4. The third kappa shape index (κ3) is 8.39. The third-order valence-corrected chi connectivity index (χ3v) is 17.5. The van der Waals surface area contributed by atoms with Gasteiger partial charge >= 0.3 is 0 Å². The number of anilines is 3. The van der Waals surface area contributed by atoms with Gasteiger partial charge in [0.1, 0.15) is 0 Å². The lowest BCUT2D eigenvalue weighted by Crippen LogP contribution is -2.61. The Balaban J connectivity index is 1.23.